The molecule has 1 saturated heterocycles. The number of aromatic nitrogens is 2. The molecule has 21 heavy (non-hydrogen) atoms. The lowest BCUT2D eigenvalue weighted by Gasteiger charge is -2.13. The highest BCUT2D eigenvalue weighted by molar-refractivity contribution is 7.99. The van der Waals surface area contributed by atoms with Gasteiger partial charge in [0.15, 0.2) is 5.16 Å². The Morgan fingerprint density at radius 1 is 1.62 bits per heavy atom. The van der Waals surface area contributed by atoms with E-state index in [9.17, 15) is 9.59 Å². The zero-order chi connectivity index (χ0) is 15.2. The number of hydrogen-bond acceptors (Lipinski definition) is 7. The summed E-state index contributed by atoms with van der Waals surface area (Å²) < 4.78 is 4.85. The second kappa shape index (κ2) is 7.11. The molecule has 8 nitrogen and oxygen atoms in total. The van der Waals surface area contributed by atoms with E-state index in [1.54, 1.807) is 11.8 Å². The molecule has 1 aromatic heterocycles. The SMILES string of the molecule is CCOC(=O)c1cnc(SCCN2CCNC2=O)nc1N. The highest BCUT2D eigenvalue weighted by Crippen LogP contribution is 2.17. The number of nitrogens with one attached hydrogen (secondary N) is 1. The van der Waals surface area contributed by atoms with Gasteiger partial charge in [-0.05, 0) is 6.92 Å². The molecule has 2 rings (SSSR count). The van der Waals surface area contributed by atoms with Crippen molar-refractivity contribution < 1.29 is 14.3 Å². The summed E-state index contributed by atoms with van der Waals surface area (Å²) in [5.74, 6) is 0.233. The van der Waals surface area contributed by atoms with E-state index in [-0.39, 0.29) is 24.0 Å². The van der Waals surface area contributed by atoms with Crippen molar-refractivity contribution in [2.75, 3.05) is 37.7 Å². The number of esters is 1. The van der Waals surface area contributed by atoms with Crippen LogP contribution < -0.4 is 11.1 Å². The van der Waals surface area contributed by atoms with Crippen LogP contribution in [0.1, 0.15) is 17.3 Å². The van der Waals surface area contributed by atoms with E-state index in [0.717, 1.165) is 0 Å². The fourth-order valence-electron chi connectivity index (χ4n) is 1.79. The summed E-state index contributed by atoms with van der Waals surface area (Å²) in [5, 5.41) is 3.21. The van der Waals surface area contributed by atoms with Crippen molar-refractivity contribution in [3.8, 4) is 0 Å². The summed E-state index contributed by atoms with van der Waals surface area (Å²) in [7, 11) is 0. The van der Waals surface area contributed by atoms with Crippen LogP contribution in [-0.2, 0) is 4.74 Å². The summed E-state index contributed by atoms with van der Waals surface area (Å²) >= 11 is 1.38. The van der Waals surface area contributed by atoms with Gasteiger partial charge >= 0.3 is 12.0 Å². The van der Waals surface area contributed by atoms with Crippen molar-refractivity contribution >= 4 is 29.6 Å². The van der Waals surface area contributed by atoms with E-state index >= 15 is 0 Å². The van der Waals surface area contributed by atoms with Crippen molar-refractivity contribution in [2.45, 2.75) is 12.1 Å². The Hall–Kier alpha value is -2.03. The minimum absolute atomic E-state index is 0.0475. The van der Waals surface area contributed by atoms with Gasteiger partial charge in [-0.15, -0.1) is 0 Å². The van der Waals surface area contributed by atoms with Gasteiger partial charge in [-0.3, -0.25) is 0 Å². The van der Waals surface area contributed by atoms with Gasteiger partial charge in [0.25, 0.3) is 0 Å². The third-order valence-corrected chi connectivity index (χ3v) is 3.67. The first kappa shape index (κ1) is 15.4. The Morgan fingerprint density at radius 3 is 3.05 bits per heavy atom. The number of nitrogen functional groups attached to an aromatic ring is 1. The fourth-order valence-corrected chi connectivity index (χ4v) is 2.57. The molecule has 9 heteroatoms. The number of urea groups is 1. The zero-order valence-corrected chi connectivity index (χ0v) is 12.5. The molecule has 0 saturated carbocycles. The molecule has 2 amide bonds. The first-order valence-electron chi connectivity index (χ1n) is 6.57. The maximum absolute atomic E-state index is 11.6. The summed E-state index contributed by atoms with van der Waals surface area (Å²) in [6.07, 6.45) is 1.37. The number of carbonyl (C=O) groups excluding carboxylic acids is 2. The van der Waals surface area contributed by atoms with Gasteiger partial charge < -0.3 is 20.7 Å². The van der Waals surface area contributed by atoms with Crippen molar-refractivity contribution in [3.63, 3.8) is 0 Å². The summed E-state index contributed by atoms with van der Waals surface area (Å²) in [4.78, 5) is 32.8. The van der Waals surface area contributed by atoms with Crippen LogP contribution in [0.15, 0.2) is 11.4 Å². The molecule has 1 aliphatic rings. The van der Waals surface area contributed by atoms with E-state index in [0.29, 0.717) is 30.5 Å². The van der Waals surface area contributed by atoms with Crippen LogP contribution in [0, 0.1) is 0 Å². The van der Waals surface area contributed by atoms with Crippen molar-refractivity contribution in [2.24, 2.45) is 0 Å². The van der Waals surface area contributed by atoms with Crippen LogP contribution in [0.5, 0.6) is 0 Å². The van der Waals surface area contributed by atoms with E-state index in [1.165, 1.54) is 18.0 Å². The molecule has 2 heterocycles. The van der Waals surface area contributed by atoms with Gasteiger partial charge in [0.1, 0.15) is 11.4 Å². The molecule has 1 aromatic rings. The Labute approximate surface area is 126 Å². The van der Waals surface area contributed by atoms with Gasteiger partial charge in [-0.2, -0.15) is 0 Å². The van der Waals surface area contributed by atoms with Gasteiger partial charge in [0, 0.05) is 31.6 Å². The largest absolute Gasteiger partial charge is 0.462 e. The molecule has 0 bridgehead atoms. The second-order valence-corrected chi connectivity index (χ2v) is 5.30. The standard InChI is InChI=1S/C12H17N5O3S/c1-2-20-10(18)8-7-15-11(16-9(8)13)21-6-5-17-4-3-14-12(17)19/h7H,2-6H2,1H3,(H,14,19)(H2,13,15,16). The Morgan fingerprint density at radius 2 is 2.43 bits per heavy atom. The highest BCUT2D eigenvalue weighted by atomic mass is 32.2. The van der Waals surface area contributed by atoms with E-state index < -0.39 is 5.97 Å². The molecule has 0 spiro atoms. The minimum Gasteiger partial charge on any atom is -0.462 e. The lowest BCUT2D eigenvalue weighted by molar-refractivity contribution is 0.0526. The maximum Gasteiger partial charge on any atom is 0.343 e. The zero-order valence-electron chi connectivity index (χ0n) is 11.7. The van der Waals surface area contributed by atoms with Gasteiger partial charge in [0.05, 0.1) is 6.61 Å². The normalized spacial score (nSPS) is 14.1. The van der Waals surface area contributed by atoms with Crippen LogP contribution in [0.2, 0.25) is 0 Å². The third-order valence-electron chi connectivity index (χ3n) is 2.83. The van der Waals surface area contributed by atoms with Gasteiger partial charge in [0.2, 0.25) is 0 Å². The Bertz CT molecular complexity index is 540. The Balaban J connectivity index is 1.88. The third kappa shape index (κ3) is 3.97. The van der Waals surface area contributed by atoms with Crippen molar-refractivity contribution in [3.05, 3.63) is 11.8 Å². The number of rotatable bonds is 6. The lowest BCUT2D eigenvalue weighted by atomic mass is 10.3. The highest BCUT2D eigenvalue weighted by Gasteiger charge is 2.19. The average Bonchev–Trinajstić information content (AvgIpc) is 2.85. The van der Waals surface area contributed by atoms with Gasteiger partial charge in [-0.1, -0.05) is 11.8 Å². The topological polar surface area (TPSA) is 110 Å². The Kier molecular flexibility index (Phi) is 5.20. The first-order valence-corrected chi connectivity index (χ1v) is 7.55. The molecule has 114 valence electrons. The molecule has 0 atom stereocenters. The molecule has 3 N–H and O–H groups in total. The number of carbonyl (C=O) groups is 2. The van der Waals surface area contributed by atoms with Crippen LogP contribution in [0.25, 0.3) is 0 Å². The molecule has 0 aliphatic carbocycles. The smallest absolute Gasteiger partial charge is 0.343 e. The molecule has 1 fully saturated rings. The number of nitrogens with zero attached hydrogens (tertiary/aromatic N) is 3. The molecule has 0 aromatic carbocycles. The van der Waals surface area contributed by atoms with Crippen LogP contribution in [0.3, 0.4) is 0 Å². The molecule has 1 aliphatic heterocycles. The molecular formula is C12H17N5O3S. The minimum atomic E-state index is -0.528. The number of hydrogen-bond donors (Lipinski definition) is 2. The first-order chi connectivity index (χ1) is 10.1. The number of amides is 2. The van der Waals surface area contributed by atoms with E-state index in [4.69, 9.17) is 10.5 Å². The molecular weight excluding hydrogens is 294 g/mol. The fraction of sp³-hybridized carbons (Fsp3) is 0.500. The number of anilines is 1. The van der Waals surface area contributed by atoms with E-state index in [2.05, 4.69) is 15.3 Å². The van der Waals surface area contributed by atoms with Crippen molar-refractivity contribution in [1.82, 2.24) is 20.2 Å². The molecule has 0 unspecified atom stereocenters. The molecule has 0 radical (unpaired) electrons. The number of ether oxygens (including phenoxy) is 1. The van der Waals surface area contributed by atoms with Crippen LogP contribution in [0.4, 0.5) is 10.6 Å². The predicted octanol–water partition coefficient (Wildman–Crippen LogP) is 0.353. The monoisotopic (exact) mass is 311 g/mol. The second-order valence-electron chi connectivity index (χ2n) is 4.24. The summed E-state index contributed by atoms with van der Waals surface area (Å²) in [5.41, 5.74) is 5.90. The summed E-state index contributed by atoms with van der Waals surface area (Å²) in [6, 6.07) is -0.0475. The quantitative estimate of drug-likeness (QED) is 0.443. The van der Waals surface area contributed by atoms with E-state index in [1.807, 2.05) is 0 Å². The van der Waals surface area contributed by atoms with Crippen LogP contribution in [-0.4, -0.2) is 58.9 Å². The predicted molar refractivity (Wildman–Crippen MR) is 78.1 cm³/mol. The maximum atomic E-state index is 11.6. The average molecular weight is 311 g/mol. The number of thioether (sulfide) groups is 1. The number of nitrogens with two attached hydrogens (primary N) is 1. The van der Waals surface area contributed by atoms with Crippen LogP contribution >= 0.6 is 11.8 Å². The summed E-state index contributed by atoms with van der Waals surface area (Å²) in [6.45, 7) is 3.99. The lowest BCUT2D eigenvalue weighted by Crippen LogP contribution is -2.30. The van der Waals surface area contributed by atoms with Crippen molar-refractivity contribution in [1.29, 1.82) is 0 Å². The van der Waals surface area contributed by atoms with Gasteiger partial charge in [-0.25, -0.2) is 19.6 Å².